The molecule has 0 unspecified atom stereocenters. The van der Waals surface area contributed by atoms with Gasteiger partial charge in [-0.3, -0.25) is 14.2 Å². The maximum absolute atomic E-state index is 13.1. The highest BCUT2D eigenvalue weighted by Gasteiger charge is 2.24. The molecule has 31 heavy (non-hydrogen) atoms. The number of anilines is 2. The topological polar surface area (TPSA) is 115 Å². The summed E-state index contributed by atoms with van der Waals surface area (Å²) >= 11 is 0. The Labute approximate surface area is 181 Å². The summed E-state index contributed by atoms with van der Waals surface area (Å²) in [6.45, 7) is 7.83. The van der Waals surface area contributed by atoms with Gasteiger partial charge in [-0.1, -0.05) is 18.2 Å². The van der Waals surface area contributed by atoms with Crippen LogP contribution in [0.1, 0.15) is 34.2 Å². The molecule has 0 aliphatic carbocycles. The molecule has 3 rings (SSSR count). The van der Waals surface area contributed by atoms with E-state index in [1.807, 2.05) is 39.0 Å². The summed E-state index contributed by atoms with van der Waals surface area (Å²) in [5, 5.41) is 6.94. The summed E-state index contributed by atoms with van der Waals surface area (Å²) in [6.07, 6.45) is 1.34. The summed E-state index contributed by atoms with van der Waals surface area (Å²) in [4.78, 5) is 16.6. The first-order valence-corrected chi connectivity index (χ1v) is 11.1. The van der Waals surface area contributed by atoms with Gasteiger partial charge in [0.05, 0.1) is 30.4 Å². The number of sulfonamides is 1. The van der Waals surface area contributed by atoms with Crippen LogP contribution in [0.15, 0.2) is 41.4 Å². The Bertz CT molecular complexity index is 1210. The zero-order valence-electron chi connectivity index (χ0n) is 18.1. The van der Waals surface area contributed by atoms with Crippen molar-refractivity contribution in [2.24, 2.45) is 0 Å². The van der Waals surface area contributed by atoms with E-state index in [1.54, 1.807) is 17.7 Å². The Morgan fingerprint density at radius 1 is 1.16 bits per heavy atom. The van der Waals surface area contributed by atoms with Gasteiger partial charge in [0, 0.05) is 6.54 Å². The second-order valence-electron chi connectivity index (χ2n) is 7.04. The van der Waals surface area contributed by atoms with E-state index in [0.717, 1.165) is 11.1 Å². The third-order valence-electron chi connectivity index (χ3n) is 4.71. The molecule has 0 fully saturated rings. The van der Waals surface area contributed by atoms with Crippen molar-refractivity contribution in [1.82, 2.24) is 14.8 Å². The molecule has 0 bridgehead atoms. The van der Waals surface area contributed by atoms with Crippen LogP contribution in [0.5, 0.6) is 5.88 Å². The molecule has 0 atom stereocenters. The Kier molecular flexibility index (Phi) is 6.30. The predicted octanol–water partition coefficient (Wildman–Crippen LogP) is 3.28. The van der Waals surface area contributed by atoms with Crippen molar-refractivity contribution in [3.8, 4) is 5.88 Å². The van der Waals surface area contributed by atoms with Crippen LogP contribution in [0, 0.1) is 20.8 Å². The number of hydrogen-bond acceptors (Lipinski definition) is 6. The molecule has 0 aliphatic heterocycles. The highest BCUT2D eigenvalue weighted by Crippen LogP contribution is 2.29. The lowest BCUT2D eigenvalue weighted by Gasteiger charge is -2.15. The number of aryl methyl sites for hydroxylation is 4. The lowest BCUT2D eigenvalue weighted by molar-refractivity contribution is 0.101. The quantitative estimate of drug-likeness (QED) is 0.579. The number of carbonyl (C=O) groups excluding carboxylic acids is 1. The first-order chi connectivity index (χ1) is 14.7. The number of benzene rings is 1. The van der Waals surface area contributed by atoms with E-state index in [0.29, 0.717) is 23.6 Å². The Hall–Kier alpha value is -3.40. The number of ether oxygens (including phenoxy) is 1. The summed E-state index contributed by atoms with van der Waals surface area (Å²) in [7, 11) is -2.70. The molecule has 1 aromatic carbocycles. The number of amides is 1. The van der Waals surface area contributed by atoms with Crippen molar-refractivity contribution in [2.45, 2.75) is 39.1 Å². The van der Waals surface area contributed by atoms with Crippen molar-refractivity contribution in [1.29, 1.82) is 0 Å². The number of carbonyl (C=O) groups is 1. The molecule has 0 saturated carbocycles. The van der Waals surface area contributed by atoms with Gasteiger partial charge in [-0.2, -0.15) is 5.10 Å². The molecule has 0 aliphatic rings. The van der Waals surface area contributed by atoms with Crippen LogP contribution in [0.3, 0.4) is 0 Å². The van der Waals surface area contributed by atoms with E-state index < -0.39 is 15.9 Å². The second-order valence-corrected chi connectivity index (χ2v) is 8.70. The van der Waals surface area contributed by atoms with Crippen LogP contribution in [0.25, 0.3) is 0 Å². The Morgan fingerprint density at radius 2 is 1.84 bits per heavy atom. The standard InChI is InChI=1S/C21H25N5O4S/c1-6-26-17(10-15(4)24-26)20(27)23-16-11-18(21(30-5)22-12-16)31(28,29)25-19-13(2)8-7-9-14(19)3/h7-12,25H,6H2,1-5H3,(H,23,27). The number of para-hydroxylation sites is 1. The van der Waals surface area contributed by atoms with Crippen LogP contribution in [-0.4, -0.2) is 36.2 Å². The number of rotatable bonds is 7. The van der Waals surface area contributed by atoms with E-state index in [9.17, 15) is 13.2 Å². The van der Waals surface area contributed by atoms with E-state index >= 15 is 0 Å². The Morgan fingerprint density at radius 3 is 2.45 bits per heavy atom. The maximum atomic E-state index is 13.1. The lowest BCUT2D eigenvalue weighted by atomic mass is 10.1. The zero-order valence-corrected chi connectivity index (χ0v) is 18.9. The number of nitrogens with one attached hydrogen (secondary N) is 2. The Balaban J connectivity index is 1.96. The molecule has 2 aromatic heterocycles. The monoisotopic (exact) mass is 443 g/mol. The van der Waals surface area contributed by atoms with Crippen LogP contribution >= 0.6 is 0 Å². The molecule has 0 saturated heterocycles. The highest BCUT2D eigenvalue weighted by atomic mass is 32.2. The van der Waals surface area contributed by atoms with Gasteiger partial charge in [0.2, 0.25) is 5.88 Å². The van der Waals surface area contributed by atoms with Gasteiger partial charge in [-0.25, -0.2) is 13.4 Å². The van der Waals surface area contributed by atoms with Crippen molar-refractivity contribution < 1.29 is 17.9 Å². The van der Waals surface area contributed by atoms with Gasteiger partial charge in [0.1, 0.15) is 5.69 Å². The average Bonchev–Trinajstić information content (AvgIpc) is 3.12. The van der Waals surface area contributed by atoms with Crippen molar-refractivity contribution >= 4 is 27.3 Å². The van der Waals surface area contributed by atoms with E-state index in [1.165, 1.54) is 19.4 Å². The molecule has 10 heteroatoms. The molecule has 164 valence electrons. The predicted molar refractivity (Wildman–Crippen MR) is 118 cm³/mol. The molecule has 3 aromatic rings. The minimum Gasteiger partial charge on any atom is -0.480 e. The first kappa shape index (κ1) is 22.3. The number of aromatic nitrogens is 3. The number of nitrogens with zero attached hydrogens (tertiary/aromatic N) is 3. The molecule has 0 spiro atoms. The van der Waals surface area contributed by atoms with Crippen molar-refractivity contribution in [3.63, 3.8) is 0 Å². The first-order valence-electron chi connectivity index (χ1n) is 9.65. The molecule has 9 nitrogen and oxygen atoms in total. The maximum Gasteiger partial charge on any atom is 0.273 e. The molecular weight excluding hydrogens is 418 g/mol. The van der Waals surface area contributed by atoms with Crippen molar-refractivity contribution in [3.05, 3.63) is 59.0 Å². The highest BCUT2D eigenvalue weighted by molar-refractivity contribution is 7.92. The largest absolute Gasteiger partial charge is 0.480 e. The van der Waals surface area contributed by atoms with E-state index in [4.69, 9.17) is 4.74 Å². The summed E-state index contributed by atoms with van der Waals surface area (Å²) in [6, 6.07) is 8.46. The smallest absolute Gasteiger partial charge is 0.273 e. The average molecular weight is 444 g/mol. The fourth-order valence-corrected chi connectivity index (χ4v) is 4.52. The van der Waals surface area contributed by atoms with Crippen LogP contribution in [0.2, 0.25) is 0 Å². The fourth-order valence-electron chi connectivity index (χ4n) is 3.18. The molecular formula is C21H25N5O4S. The molecule has 1 amide bonds. The van der Waals surface area contributed by atoms with Crippen molar-refractivity contribution in [2.75, 3.05) is 17.1 Å². The summed E-state index contributed by atoms with van der Waals surface area (Å²) in [5.41, 5.74) is 3.34. The second kappa shape index (κ2) is 8.76. The van der Waals surface area contributed by atoms with Gasteiger partial charge in [0.25, 0.3) is 15.9 Å². The molecule has 2 heterocycles. The summed E-state index contributed by atoms with van der Waals surface area (Å²) in [5.74, 6) is -0.494. The van der Waals surface area contributed by atoms with Gasteiger partial charge >= 0.3 is 0 Å². The van der Waals surface area contributed by atoms with Gasteiger partial charge in [-0.05, 0) is 51.0 Å². The van der Waals surface area contributed by atoms with Crippen LogP contribution in [-0.2, 0) is 16.6 Å². The number of methoxy groups -OCH3 is 1. The lowest BCUT2D eigenvalue weighted by Crippen LogP contribution is -2.19. The minimum absolute atomic E-state index is 0.0776. The zero-order chi connectivity index (χ0) is 22.8. The van der Waals surface area contributed by atoms with Gasteiger partial charge in [-0.15, -0.1) is 0 Å². The van der Waals surface area contributed by atoms with E-state index in [-0.39, 0.29) is 16.5 Å². The molecule has 0 radical (unpaired) electrons. The van der Waals surface area contributed by atoms with Gasteiger partial charge in [0.15, 0.2) is 4.90 Å². The normalized spacial score (nSPS) is 11.3. The minimum atomic E-state index is -4.04. The third kappa shape index (κ3) is 4.69. The number of pyridine rings is 1. The SMILES string of the molecule is CCn1nc(C)cc1C(=O)Nc1cnc(OC)c(S(=O)(=O)Nc2c(C)cccc2C)c1. The van der Waals surface area contributed by atoms with Crippen LogP contribution < -0.4 is 14.8 Å². The third-order valence-corrected chi connectivity index (χ3v) is 6.06. The van der Waals surface area contributed by atoms with E-state index in [2.05, 4.69) is 20.1 Å². The molecule has 2 N–H and O–H groups in total. The van der Waals surface area contributed by atoms with Crippen LogP contribution in [0.4, 0.5) is 11.4 Å². The number of hydrogen-bond donors (Lipinski definition) is 2. The van der Waals surface area contributed by atoms with Gasteiger partial charge < -0.3 is 10.1 Å². The summed E-state index contributed by atoms with van der Waals surface area (Å²) < 4.78 is 35.6. The fraction of sp³-hybridized carbons (Fsp3) is 0.286.